The van der Waals surface area contributed by atoms with Crippen molar-refractivity contribution in [2.75, 3.05) is 6.61 Å². The summed E-state index contributed by atoms with van der Waals surface area (Å²) < 4.78 is 6.83. The van der Waals surface area contributed by atoms with E-state index in [0.717, 1.165) is 28.0 Å². The summed E-state index contributed by atoms with van der Waals surface area (Å²) >= 11 is 10.3. The summed E-state index contributed by atoms with van der Waals surface area (Å²) in [7, 11) is 0. The highest BCUT2D eigenvalue weighted by atomic mass is 79.9. The van der Waals surface area contributed by atoms with Crippen LogP contribution in [-0.2, 0) is 5.41 Å². The quantitative estimate of drug-likeness (QED) is 0.615. The largest absolute Gasteiger partial charge is 0.492 e. The Bertz CT molecular complexity index is 694. The number of hydrogen-bond acceptors (Lipinski definition) is 1. The minimum atomic E-state index is -0.149. The first kappa shape index (κ1) is 14.9. The van der Waals surface area contributed by atoms with E-state index < -0.39 is 0 Å². The Morgan fingerprint density at radius 1 is 1.14 bits per heavy atom. The smallest absolute Gasteiger partial charge is 0.123 e. The van der Waals surface area contributed by atoms with Gasteiger partial charge in [0, 0.05) is 15.5 Å². The van der Waals surface area contributed by atoms with Gasteiger partial charge in [-0.3, -0.25) is 0 Å². The molecule has 3 rings (SSSR count). The molecule has 21 heavy (non-hydrogen) atoms. The molecular weight excluding hydrogens is 348 g/mol. The maximum absolute atomic E-state index is 6.69. The number of fused-ring (bicyclic) bond motifs is 1. The Labute approximate surface area is 139 Å². The molecule has 0 spiro atoms. The molecule has 0 N–H and O–H groups in total. The minimum absolute atomic E-state index is 0.0514. The van der Waals surface area contributed by atoms with Crippen LogP contribution < -0.4 is 4.74 Å². The third kappa shape index (κ3) is 2.72. The number of ether oxygens (including phenoxy) is 1. The fourth-order valence-electron chi connectivity index (χ4n) is 2.66. The molecule has 3 heteroatoms. The zero-order valence-electron chi connectivity index (χ0n) is 12.4. The molecule has 1 unspecified atom stereocenters. The van der Waals surface area contributed by atoms with Gasteiger partial charge in [0.25, 0.3) is 0 Å². The predicted molar refractivity (Wildman–Crippen MR) is 91.5 cm³/mol. The molecule has 2 aromatic rings. The molecule has 1 heterocycles. The molecule has 1 atom stereocenters. The molecule has 110 valence electrons. The molecule has 1 aliphatic heterocycles. The van der Waals surface area contributed by atoms with Gasteiger partial charge in [0.15, 0.2) is 0 Å². The highest BCUT2D eigenvalue weighted by Crippen LogP contribution is 2.41. The number of halogens is 2. The lowest BCUT2D eigenvalue weighted by molar-refractivity contribution is 0.291. The number of rotatable bonds is 2. The Morgan fingerprint density at radius 3 is 2.52 bits per heavy atom. The van der Waals surface area contributed by atoms with E-state index in [-0.39, 0.29) is 10.8 Å². The van der Waals surface area contributed by atoms with E-state index in [1.54, 1.807) is 0 Å². The van der Waals surface area contributed by atoms with Crippen molar-refractivity contribution in [2.45, 2.75) is 31.6 Å². The maximum atomic E-state index is 6.69. The van der Waals surface area contributed by atoms with Gasteiger partial charge in [-0.15, -0.1) is 11.6 Å². The molecule has 0 aromatic heterocycles. The van der Waals surface area contributed by atoms with Gasteiger partial charge >= 0.3 is 0 Å². The Kier molecular flexibility index (Phi) is 3.79. The van der Waals surface area contributed by atoms with E-state index in [2.05, 4.69) is 67.0 Å². The summed E-state index contributed by atoms with van der Waals surface area (Å²) in [5.41, 5.74) is 4.73. The molecule has 0 bridgehead atoms. The summed E-state index contributed by atoms with van der Waals surface area (Å²) in [6, 6.07) is 12.6. The number of benzene rings is 2. The van der Waals surface area contributed by atoms with Crippen molar-refractivity contribution >= 4 is 27.5 Å². The molecule has 0 aliphatic carbocycles. The topological polar surface area (TPSA) is 9.23 Å². The van der Waals surface area contributed by atoms with Crippen molar-refractivity contribution in [1.82, 2.24) is 0 Å². The molecule has 2 aromatic carbocycles. The minimum Gasteiger partial charge on any atom is -0.492 e. The van der Waals surface area contributed by atoms with Gasteiger partial charge in [-0.25, -0.2) is 0 Å². The third-order valence-corrected chi connectivity index (χ3v) is 5.46. The molecule has 0 radical (unpaired) electrons. The number of aryl methyl sites for hydroxylation is 1. The molecule has 1 aliphatic rings. The van der Waals surface area contributed by atoms with Gasteiger partial charge < -0.3 is 4.74 Å². The SMILES string of the molecule is Cc1ccc(C(Cl)c2ccc3c(c2)C(C)(C)CO3)cc1Br. The van der Waals surface area contributed by atoms with Crippen LogP contribution in [0, 0.1) is 6.92 Å². The van der Waals surface area contributed by atoms with Crippen molar-refractivity contribution in [3.05, 3.63) is 63.1 Å². The lowest BCUT2D eigenvalue weighted by Gasteiger charge is -2.18. The van der Waals surface area contributed by atoms with Crippen LogP contribution in [0.4, 0.5) is 0 Å². The van der Waals surface area contributed by atoms with E-state index in [0.29, 0.717) is 0 Å². The number of alkyl halides is 1. The van der Waals surface area contributed by atoms with Crippen LogP contribution in [0.25, 0.3) is 0 Å². The van der Waals surface area contributed by atoms with Gasteiger partial charge in [-0.2, -0.15) is 0 Å². The van der Waals surface area contributed by atoms with E-state index in [1.165, 1.54) is 11.1 Å². The van der Waals surface area contributed by atoms with Crippen LogP contribution in [0.5, 0.6) is 5.75 Å². The summed E-state index contributed by atoms with van der Waals surface area (Å²) in [6.45, 7) is 7.21. The fourth-order valence-corrected chi connectivity index (χ4v) is 3.32. The summed E-state index contributed by atoms with van der Waals surface area (Å²) in [4.78, 5) is 0. The zero-order valence-corrected chi connectivity index (χ0v) is 14.8. The molecule has 1 nitrogen and oxygen atoms in total. The van der Waals surface area contributed by atoms with Gasteiger partial charge in [-0.1, -0.05) is 48.0 Å². The Morgan fingerprint density at radius 2 is 1.81 bits per heavy atom. The Balaban J connectivity index is 1.99. The van der Waals surface area contributed by atoms with Crippen molar-refractivity contribution in [2.24, 2.45) is 0 Å². The second kappa shape index (κ2) is 5.33. The highest BCUT2D eigenvalue weighted by molar-refractivity contribution is 9.10. The predicted octanol–water partition coefficient (Wildman–Crippen LogP) is 5.76. The average Bonchev–Trinajstić information content (AvgIpc) is 2.76. The van der Waals surface area contributed by atoms with Gasteiger partial charge in [-0.05, 0) is 41.8 Å². The van der Waals surface area contributed by atoms with Gasteiger partial charge in [0.1, 0.15) is 5.75 Å². The monoisotopic (exact) mass is 364 g/mol. The summed E-state index contributed by atoms with van der Waals surface area (Å²) in [5.74, 6) is 0.984. The fraction of sp³-hybridized carbons (Fsp3) is 0.333. The van der Waals surface area contributed by atoms with Gasteiger partial charge in [0.05, 0.1) is 12.0 Å². The summed E-state index contributed by atoms with van der Waals surface area (Å²) in [5, 5.41) is -0.149. The molecule has 0 saturated carbocycles. The molecule has 0 saturated heterocycles. The maximum Gasteiger partial charge on any atom is 0.123 e. The van der Waals surface area contributed by atoms with Crippen molar-refractivity contribution in [3.8, 4) is 5.75 Å². The van der Waals surface area contributed by atoms with Crippen LogP contribution in [-0.4, -0.2) is 6.61 Å². The van der Waals surface area contributed by atoms with E-state index >= 15 is 0 Å². The zero-order chi connectivity index (χ0) is 15.2. The van der Waals surface area contributed by atoms with Crippen molar-refractivity contribution in [3.63, 3.8) is 0 Å². The first-order valence-electron chi connectivity index (χ1n) is 7.06. The van der Waals surface area contributed by atoms with Crippen LogP contribution >= 0.6 is 27.5 Å². The lowest BCUT2D eigenvalue weighted by Crippen LogP contribution is -2.18. The highest BCUT2D eigenvalue weighted by Gasteiger charge is 2.32. The second-order valence-corrected chi connectivity index (χ2v) is 7.59. The van der Waals surface area contributed by atoms with E-state index in [4.69, 9.17) is 16.3 Å². The molecular formula is C18H18BrClO. The normalized spacial score (nSPS) is 17.2. The standard InChI is InChI=1S/C18H18BrClO/c1-11-4-5-13(9-15(11)19)17(20)12-6-7-16-14(8-12)18(2,3)10-21-16/h4-9,17H,10H2,1-3H3. The second-order valence-electron chi connectivity index (χ2n) is 6.30. The van der Waals surface area contributed by atoms with Crippen LogP contribution in [0.2, 0.25) is 0 Å². The van der Waals surface area contributed by atoms with E-state index in [9.17, 15) is 0 Å². The molecule has 0 amide bonds. The first-order chi connectivity index (χ1) is 9.88. The average molecular weight is 366 g/mol. The lowest BCUT2D eigenvalue weighted by atomic mass is 9.85. The van der Waals surface area contributed by atoms with Crippen molar-refractivity contribution in [1.29, 1.82) is 0 Å². The van der Waals surface area contributed by atoms with Crippen molar-refractivity contribution < 1.29 is 4.74 Å². The Hall–Kier alpha value is -0.990. The first-order valence-corrected chi connectivity index (χ1v) is 8.29. The van der Waals surface area contributed by atoms with E-state index in [1.807, 2.05) is 6.07 Å². The number of hydrogen-bond donors (Lipinski definition) is 0. The van der Waals surface area contributed by atoms with Crippen LogP contribution in [0.3, 0.4) is 0 Å². The summed E-state index contributed by atoms with van der Waals surface area (Å²) in [6.07, 6.45) is 0. The molecule has 0 fully saturated rings. The van der Waals surface area contributed by atoms with Crippen LogP contribution in [0.1, 0.15) is 41.5 Å². The third-order valence-electron chi connectivity index (χ3n) is 4.10. The van der Waals surface area contributed by atoms with Gasteiger partial charge in [0.2, 0.25) is 0 Å². The van der Waals surface area contributed by atoms with Crippen LogP contribution in [0.15, 0.2) is 40.9 Å².